The number of hydrogen-bond donors (Lipinski definition) is 2. The van der Waals surface area contributed by atoms with Crippen LogP contribution in [0, 0.1) is 18.6 Å². The van der Waals surface area contributed by atoms with Crippen LogP contribution in [-0.2, 0) is 16.6 Å². The van der Waals surface area contributed by atoms with E-state index in [-0.39, 0.29) is 28.3 Å². The van der Waals surface area contributed by atoms with Gasteiger partial charge in [-0.15, -0.1) is 0 Å². The Morgan fingerprint density at radius 3 is 2.17 bits per heavy atom. The summed E-state index contributed by atoms with van der Waals surface area (Å²) in [5.41, 5.74) is 2.22. The van der Waals surface area contributed by atoms with Gasteiger partial charge >= 0.3 is 0 Å². The summed E-state index contributed by atoms with van der Waals surface area (Å²) in [6.07, 6.45) is 1.52. The van der Waals surface area contributed by atoms with E-state index >= 15 is 0 Å². The van der Waals surface area contributed by atoms with E-state index in [1.807, 2.05) is 0 Å². The molecule has 0 radical (unpaired) electrons. The van der Waals surface area contributed by atoms with Crippen molar-refractivity contribution in [3.8, 4) is 0 Å². The Kier molecular flexibility index (Phi) is 7.47. The molecule has 2 N–H and O–H groups in total. The second-order valence-corrected chi connectivity index (χ2v) is 10.4. The third kappa shape index (κ3) is 6.43. The monoisotopic (exact) mass is 499 g/mol. The van der Waals surface area contributed by atoms with Crippen molar-refractivity contribution in [2.45, 2.75) is 37.2 Å². The Balaban J connectivity index is 1.37. The van der Waals surface area contributed by atoms with Gasteiger partial charge in [0.25, 0.3) is 15.9 Å². The number of piperidine rings is 1. The van der Waals surface area contributed by atoms with Gasteiger partial charge in [-0.2, -0.15) is 0 Å². The molecule has 3 aromatic carbocycles. The molecule has 0 aromatic heterocycles. The summed E-state index contributed by atoms with van der Waals surface area (Å²) in [4.78, 5) is 15.2. The molecule has 1 fully saturated rings. The van der Waals surface area contributed by atoms with E-state index in [4.69, 9.17) is 0 Å². The van der Waals surface area contributed by atoms with Gasteiger partial charge < -0.3 is 5.32 Å². The number of hydrogen-bond acceptors (Lipinski definition) is 4. The molecule has 4 rings (SSSR count). The molecule has 1 amide bonds. The van der Waals surface area contributed by atoms with Crippen molar-refractivity contribution >= 4 is 21.6 Å². The number of carbonyl (C=O) groups is 1. The highest BCUT2D eigenvalue weighted by atomic mass is 32.2. The molecule has 0 spiro atoms. The average molecular weight is 500 g/mol. The molecule has 1 aliphatic heterocycles. The van der Waals surface area contributed by atoms with Gasteiger partial charge in [0.15, 0.2) is 0 Å². The predicted molar refractivity (Wildman–Crippen MR) is 131 cm³/mol. The van der Waals surface area contributed by atoms with Gasteiger partial charge in [0.1, 0.15) is 11.6 Å². The maximum atomic E-state index is 13.1. The number of nitrogens with one attached hydrogen (secondary N) is 2. The predicted octanol–water partition coefficient (Wildman–Crippen LogP) is 4.47. The van der Waals surface area contributed by atoms with Crippen molar-refractivity contribution in [1.29, 1.82) is 0 Å². The first kappa shape index (κ1) is 24.8. The maximum absolute atomic E-state index is 13.1. The number of carbonyl (C=O) groups excluding carboxylic acids is 1. The fraction of sp³-hybridized carbons (Fsp3) is 0.269. The number of sulfonamides is 1. The van der Waals surface area contributed by atoms with Crippen LogP contribution < -0.4 is 10.0 Å². The number of rotatable bonds is 7. The number of aryl methyl sites for hydroxylation is 1. The van der Waals surface area contributed by atoms with Gasteiger partial charge in [-0.1, -0.05) is 18.2 Å². The van der Waals surface area contributed by atoms with E-state index < -0.39 is 15.8 Å². The van der Waals surface area contributed by atoms with Crippen molar-refractivity contribution in [3.05, 3.63) is 95.1 Å². The molecule has 0 aliphatic carbocycles. The fourth-order valence-electron chi connectivity index (χ4n) is 4.09. The molecule has 6 nitrogen and oxygen atoms in total. The van der Waals surface area contributed by atoms with Crippen LogP contribution in [-0.4, -0.2) is 38.4 Å². The van der Waals surface area contributed by atoms with E-state index in [2.05, 4.69) is 14.9 Å². The van der Waals surface area contributed by atoms with Crippen LogP contribution in [0.5, 0.6) is 0 Å². The van der Waals surface area contributed by atoms with E-state index in [9.17, 15) is 22.0 Å². The van der Waals surface area contributed by atoms with Crippen LogP contribution >= 0.6 is 0 Å². The number of nitrogens with zero attached hydrogens (tertiary/aromatic N) is 1. The Morgan fingerprint density at radius 1 is 0.943 bits per heavy atom. The Morgan fingerprint density at radius 2 is 1.54 bits per heavy atom. The van der Waals surface area contributed by atoms with E-state index in [1.165, 1.54) is 36.4 Å². The molecule has 1 aliphatic rings. The summed E-state index contributed by atoms with van der Waals surface area (Å²) in [5.74, 6) is -1.05. The van der Waals surface area contributed by atoms with Gasteiger partial charge in [0.2, 0.25) is 0 Å². The first-order valence-corrected chi connectivity index (χ1v) is 12.8. The molecule has 184 valence electrons. The molecular formula is C26H27F2N3O3S. The number of anilines is 1. The molecule has 3 aromatic rings. The number of amides is 1. The normalized spacial score (nSPS) is 15.1. The smallest absolute Gasteiger partial charge is 0.261 e. The minimum Gasteiger partial charge on any atom is -0.349 e. The van der Waals surface area contributed by atoms with Gasteiger partial charge in [-0.3, -0.25) is 14.4 Å². The molecule has 35 heavy (non-hydrogen) atoms. The van der Waals surface area contributed by atoms with E-state index in [0.717, 1.165) is 50.2 Å². The lowest BCUT2D eigenvalue weighted by atomic mass is 10.0. The lowest BCUT2D eigenvalue weighted by Crippen LogP contribution is -2.44. The van der Waals surface area contributed by atoms with Crippen LogP contribution in [0.25, 0.3) is 0 Å². The largest absolute Gasteiger partial charge is 0.349 e. The first-order valence-electron chi connectivity index (χ1n) is 11.4. The zero-order chi connectivity index (χ0) is 25.0. The summed E-state index contributed by atoms with van der Waals surface area (Å²) in [6.45, 7) is 4.06. The second kappa shape index (κ2) is 10.5. The molecule has 0 bridgehead atoms. The van der Waals surface area contributed by atoms with Gasteiger partial charge in [0.05, 0.1) is 4.90 Å². The Bertz CT molecular complexity index is 1290. The van der Waals surface area contributed by atoms with Crippen LogP contribution in [0.3, 0.4) is 0 Å². The Labute approximate surface area is 204 Å². The summed E-state index contributed by atoms with van der Waals surface area (Å²) in [7, 11) is -3.95. The Hall–Kier alpha value is -3.30. The first-order chi connectivity index (χ1) is 16.7. The SMILES string of the molecule is Cc1ccc(S(=O)(=O)Nc2ccc(F)cc2)cc1C(=O)NC1CCN(Cc2ccc(F)cc2)CC1. The van der Waals surface area contributed by atoms with Crippen molar-refractivity contribution in [2.75, 3.05) is 17.8 Å². The zero-order valence-corrected chi connectivity index (χ0v) is 20.1. The molecule has 0 atom stereocenters. The fourth-order valence-corrected chi connectivity index (χ4v) is 5.18. The number of halogens is 2. The molecule has 0 saturated carbocycles. The molecule has 1 heterocycles. The summed E-state index contributed by atoms with van der Waals surface area (Å²) in [5, 5.41) is 3.03. The molecule has 9 heteroatoms. The minimum atomic E-state index is -3.95. The zero-order valence-electron chi connectivity index (χ0n) is 19.3. The molecule has 0 unspecified atom stereocenters. The average Bonchev–Trinajstić information content (AvgIpc) is 2.83. The van der Waals surface area contributed by atoms with Gasteiger partial charge in [-0.05, 0) is 79.4 Å². The highest BCUT2D eigenvalue weighted by Gasteiger charge is 2.23. The summed E-state index contributed by atoms with van der Waals surface area (Å²) >= 11 is 0. The standard InChI is InChI=1S/C26H27F2N3O3S/c1-18-2-11-24(35(33,34)30-23-9-7-21(28)8-10-23)16-25(18)26(32)29-22-12-14-31(15-13-22)17-19-3-5-20(27)6-4-19/h2-11,16,22,30H,12-15,17H2,1H3,(H,29,32). The minimum absolute atomic E-state index is 0.0241. The number of likely N-dealkylation sites (tertiary alicyclic amines) is 1. The van der Waals surface area contributed by atoms with Crippen LogP contribution in [0.15, 0.2) is 71.6 Å². The molecule has 1 saturated heterocycles. The van der Waals surface area contributed by atoms with Gasteiger partial charge in [0, 0.05) is 36.9 Å². The van der Waals surface area contributed by atoms with E-state index in [0.29, 0.717) is 11.1 Å². The van der Waals surface area contributed by atoms with Gasteiger partial charge in [-0.25, -0.2) is 17.2 Å². The van der Waals surface area contributed by atoms with Crippen LogP contribution in [0.4, 0.5) is 14.5 Å². The van der Waals surface area contributed by atoms with Crippen molar-refractivity contribution in [2.24, 2.45) is 0 Å². The highest BCUT2D eigenvalue weighted by Crippen LogP contribution is 2.21. The molecular weight excluding hydrogens is 472 g/mol. The topological polar surface area (TPSA) is 78.5 Å². The lowest BCUT2D eigenvalue weighted by molar-refractivity contribution is 0.0908. The summed E-state index contributed by atoms with van der Waals surface area (Å²) < 4.78 is 54.2. The second-order valence-electron chi connectivity index (χ2n) is 8.74. The quantitative estimate of drug-likeness (QED) is 0.503. The van der Waals surface area contributed by atoms with E-state index in [1.54, 1.807) is 25.1 Å². The van der Waals surface area contributed by atoms with Crippen molar-refractivity contribution in [1.82, 2.24) is 10.2 Å². The highest BCUT2D eigenvalue weighted by molar-refractivity contribution is 7.92. The third-order valence-corrected chi connectivity index (χ3v) is 7.48. The van der Waals surface area contributed by atoms with Crippen molar-refractivity contribution < 1.29 is 22.0 Å². The number of benzene rings is 3. The van der Waals surface area contributed by atoms with Crippen molar-refractivity contribution in [3.63, 3.8) is 0 Å². The lowest BCUT2D eigenvalue weighted by Gasteiger charge is -2.32. The summed E-state index contributed by atoms with van der Waals surface area (Å²) in [6, 6.07) is 15.8. The van der Waals surface area contributed by atoms with Crippen LogP contribution in [0.2, 0.25) is 0 Å². The third-order valence-electron chi connectivity index (χ3n) is 6.10. The maximum Gasteiger partial charge on any atom is 0.261 e. The van der Waals surface area contributed by atoms with Crippen LogP contribution in [0.1, 0.15) is 34.3 Å².